The van der Waals surface area contributed by atoms with Crippen molar-refractivity contribution in [2.45, 2.75) is 83.8 Å². The summed E-state index contributed by atoms with van der Waals surface area (Å²) >= 11 is 0. The van der Waals surface area contributed by atoms with Crippen LogP contribution < -0.4 is 0 Å². The number of hydrogen-bond acceptors (Lipinski definition) is 1. The largest absolute Gasteiger partial charge is 0.400 e. The molecular weight excluding hydrogens is 411 g/mol. The van der Waals surface area contributed by atoms with E-state index in [1.165, 1.54) is 16.7 Å². The van der Waals surface area contributed by atoms with Crippen molar-refractivity contribution < 1.29 is 5.11 Å². The van der Waals surface area contributed by atoms with Gasteiger partial charge in [-0.1, -0.05) is 139 Å². The molecule has 0 aliphatic rings. The number of rotatable bonds is 8. The van der Waals surface area contributed by atoms with Crippen LogP contribution in [0.25, 0.3) is 0 Å². The number of hydrogen-bond donors (Lipinski definition) is 1. The van der Waals surface area contributed by atoms with Gasteiger partial charge in [0.2, 0.25) is 0 Å². The molecule has 0 aliphatic carbocycles. The van der Waals surface area contributed by atoms with E-state index in [1.807, 2.05) is 20.9 Å². The number of aliphatic hydroxyl groups is 1. The minimum atomic E-state index is 0.0706. The lowest BCUT2D eigenvalue weighted by Crippen LogP contribution is -2.38. The van der Waals surface area contributed by atoms with E-state index < -0.39 is 0 Å². The maximum absolute atomic E-state index is 7.00. The van der Waals surface area contributed by atoms with Crippen molar-refractivity contribution in [2.75, 3.05) is 7.11 Å². The number of benzene rings is 3. The fraction of sp³-hybridized carbons (Fsp3) is 0.438. The molecule has 2 unspecified atom stereocenters. The predicted molar refractivity (Wildman–Crippen MR) is 152 cm³/mol. The van der Waals surface area contributed by atoms with Crippen molar-refractivity contribution in [3.63, 3.8) is 0 Å². The molecule has 0 aliphatic heterocycles. The van der Waals surface area contributed by atoms with Gasteiger partial charge in [-0.3, -0.25) is 0 Å². The van der Waals surface area contributed by atoms with E-state index in [0.29, 0.717) is 0 Å². The Morgan fingerprint density at radius 2 is 0.882 bits per heavy atom. The molecule has 0 aromatic heterocycles. The Hall–Kier alpha value is -2.32. The van der Waals surface area contributed by atoms with Crippen LogP contribution >= 0.6 is 0 Å². The quantitative estimate of drug-likeness (QED) is 0.336. The molecular formula is C32H46BO. The molecule has 0 heterocycles. The second-order valence-corrected chi connectivity index (χ2v) is 10.4. The topological polar surface area (TPSA) is 20.2 Å². The molecule has 3 aromatic rings. The van der Waals surface area contributed by atoms with Crippen LogP contribution in [0.15, 0.2) is 91.0 Å². The highest BCUT2D eigenvalue weighted by atomic mass is 16.2. The average molecular weight is 458 g/mol. The molecule has 0 bridgehead atoms. The molecule has 3 rings (SSSR count). The standard InChI is InChI=1S/C29H36.C2H6B.CH4O/c1-6-28(4,25-18-12-8-13-19-25)23-29(5,26-20-14-9-15-21-26)22-27(2,3)24-16-10-7-11-17-24;1-3-2;1-2/h7-21H,6,22-23H2,1-5H3;1-2H3;2H,1H3. The van der Waals surface area contributed by atoms with Gasteiger partial charge in [0, 0.05) is 7.11 Å². The van der Waals surface area contributed by atoms with E-state index in [1.54, 1.807) is 0 Å². The van der Waals surface area contributed by atoms with E-state index in [4.69, 9.17) is 5.11 Å². The first-order valence-electron chi connectivity index (χ1n) is 12.6. The molecule has 1 N–H and O–H groups in total. The molecule has 3 aromatic carbocycles. The molecule has 0 spiro atoms. The van der Waals surface area contributed by atoms with Gasteiger partial charge in [-0.05, 0) is 52.2 Å². The lowest BCUT2D eigenvalue weighted by molar-refractivity contribution is 0.241. The van der Waals surface area contributed by atoms with Crippen LogP contribution in [0.1, 0.15) is 70.6 Å². The molecule has 0 saturated heterocycles. The van der Waals surface area contributed by atoms with E-state index in [-0.39, 0.29) is 16.2 Å². The van der Waals surface area contributed by atoms with Crippen LogP contribution in [-0.2, 0) is 16.2 Å². The Morgan fingerprint density at radius 3 is 1.24 bits per heavy atom. The van der Waals surface area contributed by atoms with Crippen molar-refractivity contribution in [1.82, 2.24) is 0 Å². The van der Waals surface area contributed by atoms with Crippen molar-refractivity contribution in [3.05, 3.63) is 108 Å². The monoisotopic (exact) mass is 457 g/mol. The lowest BCUT2D eigenvalue weighted by atomic mass is 9.60. The van der Waals surface area contributed by atoms with Crippen molar-refractivity contribution in [3.8, 4) is 0 Å². The molecule has 0 amide bonds. The Labute approximate surface area is 210 Å². The highest BCUT2D eigenvalue weighted by molar-refractivity contribution is 6.31. The Morgan fingerprint density at radius 1 is 0.559 bits per heavy atom. The molecule has 1 radical (unpaired) electrons. The van der Waals surface area contributed by atoms with E-state index >= 15 is 0 Å². The number of aliphatic hydroxyl groups excluding tert-OH is 1. The van der Waals surface area contributed by atoms with Crippen LogP contribution in [0, 0.1) is 0 Å². The summed E-state index contributed by atoms with van der Waals surface area (Å²) in [5, 5.41) is 7.00. The second-order valence-electron chi connectivity index (χ2n) is 10.4. The maximum Gasteiger partial charge on any atom is 0.102 e. The van der Waals surface area contributed by atoms with E-state index in [2.05, 4.69) is 126 Å². The molecule has 2 atom stereocenters. The average Bonchev–Trinajstić information content (AvgIpc) is 2.87. The fourth-order valence-electron chi connectivity index (χ4n) is 5.21. The van der Waals surface area contributed by atoms with Crippen LogP contribution in [-0.4, -0.2) is 19.5 Å². The Balaban J connectivity index is 0.00000107. The first kappa shape index (κ1) is 29.7. The Bertz CT molecular complexity index is 908. The summed E-state index contributed by atoms with van der Waals surface area (Å²) in [6.07, 6.45) is 3.36. The molecule has 2 heteroatoms. The van der Waals surface area contributed by atoms with Gasteiger partial charge in [0.15, 0.2) is 0 Å². The summed E-state index contributed by atoms with van der Waals surface area (Å²) in [5.74, 6) is 0. The zero-order valence-corrected chi connectivity index (χ0v) is 22.8. The minimum absolute atomic E-state index is 0.0706. The van der Waals surface area contributed by atoms with Gasteiger partial charge < -0.3 is 5.11 Å². The first-order chi connectivity index (χ1) is 16.2. The van der Waals surface area contributed by atoms with Crippen LogP contribution in [0.5, 0.6) is 0 Å². The summed E-state index contributed by atoms with van der Waals surface area (Å²) in [6.45, 7) is 16.0. The SMILES string of the molecule is CCC(C)(CC(C)(CC(C)(C)c1ccccc1)c1ccccc1)c1ccccc1.CO.C[B]C. The van der Waals surface area contributed by atoms with E-state index in [0.717, 1.165) is 26.4 Å². The molecule has 34 heavy (non-hydrogen) atoms. The Kier molecular flexibility index (Phi) is 12.4. The third-order valence-electron chi connectivity index (χ3n) is 6.89. The molecule has 1 nitrogen and oxygen atoms in total. The fourth-order valence-corrected chi connectivity index (χ4v) is 5.21. The van der Waals surface area contributed by atoms with Crippen molar-refractivity contribution >= 4 is 7.28 Å². The second kappa shape index (κ2) is 14.2. The van der Waals surface area contributed by atoms with Crippen molar-refractivity contribution in [1.29, 1.82) is 0 Å². The third-order valence-corrected chi connectivity index (χ3v) is 6.89. The highest BCUT2D eigenvalue weighted by Gasteiger charge is 2.40. The van der Waals surface area contributed by atoms with Crippen LogP contribution in [0.4, 0.5) is 0 Å². The van der Waals surface area contributed by atoms with Gasteiger partial charge in [-0.2, -0.15) is 0 Å². The van der Waals surface area contributed by atoms with Gasteiger partial charge >= 0.3 is 0 Å². The molecule has 183 valence electrons. The maximum atomic E-state index is 7.00. The lowest BCUT2D eigenvalue weighted by Gasteiger charge is -2.44. The van der Waals surface area contributed by atoms with Gasteiger partial charge in [0.1, 0.15) is 7.28 Å². The summed E-state index contributed by atoms with van der Waals surface area (Å²) < 4.78 is 0. The van der Waals surface area contributed by atoms with Gasteiger partial charge in [-0.15, -0.1) is 0 Å². The summed E-state index contributed by atoms with van der Waals surface area (Å²) in [6, 6.07) is 33.2. The normalized spacial score (nSPS) is 14.3. The third kappa shape index (κ3) is 8.17. The predicted octanol–water partition coefficient (Wildman–Crippen LogP) is 8.47. The smallest absolute Gasteiger partial charge is 0.102 e. The summed E-state index contributed by atoms with van der Waals surface area (Å²) in [5.41, 5.74) is 4.61. The summed E-state index contributed by atoms with van der Waals surface area (Å²) in [4.78, 5) is 0. The van der Waals surface area contributed by atoms with Crippen molar-refractivity contribution in [2.24, 2.45) is 0 Å². The van der Waals surface area contributed by atoms with E-state index in [9.17, 15) is 0 Å². The molecule has 0 saturated carbocycles. The minimum Gasteiger partial charge on any atom is -0.400 e. The van der Waals surface area contributed by atoms with Gasteiger partial charge in [0.25, 0.3) is 0 Å². The first-order valence-corrected chi connectivity index (χ1v) is 12.6. The van der Waals surface area contributed by atoms with Crippen LogP contribution in [0.3, 0.4) is 0 Å². The zero-order valence-electron chi connectivity index (χ0n) is 22.8. The van der Waals surface area contributed by atoms with Crippen LogP contribution in [0.2, 0.25) is 13.6 Å². The highest BCUT2D eigenvalue weighted by Crippen LogP contribution is 2.47. The van der Waals surface area contributed by atoms with Gasteiger partial charge in [-0.25, -0.2) is 0 Å². The van der Waals surface area contributed by atoms with Gasteiger partial charge in [0.05, 0.1) is 0 Å². The zero-order chi connectivity index (χ0) is 25.7. The summed E-state index contributed by atoms with van der Waals surface area (Å²) in [7, 11) is 3.00. The molecule has 0 fully saturated rings.